The van der Waals surface area contributed by atoms with Crippen LogP contribution in [0.1, 0.15) is 53.4 Å². The Hall–Kier alpha value is -0.770. The molecule has 0 bridgehead atoms. The number of carboxylic acids is 1. The minimum Gasteiger partial charge on any atom is -0.481 e. The average Bonchev–Trinajstić information content (AvgIpc) is 2.33. The number of hydrogen-bond acceptors (Lipinski definition) is 3. The van der Waals surface area contributed by atoms with Crippen molar-refractivity contribution in [2.75, 3.05) is 5.75 Å². The highest BCUT2D eigenvalue weighted by Crippen LogP contribution is 2.42. The summed E-state index contributed by atoms with van der Waals surface area (Å²) in [5.41, 5.74) is 0.0406. The van der Waals surface area contributed by atoms with Gasteiger partial charge in [-0.25, -0.2) is 0 Å². The van der Waals surface area contributed by atoms with Gasteiger partial charge in [0, 0.05) is 24.0 Å². The molecular formula is C17H28O3S. The Morgan fingerprint density at radius 1 is 1.43 bits per heavy atom. The zero-order valence-corrected chi connectivity index (χ0v) is 14.4. The predicted octanol–water partition coefficient (Wildman–Crippen LogP) is 4.17. The molecule has 1 aliphatic carbocycles. The molecule has 0 aromatic heterocycles. The highest BCUT2D eigenvalue weighted by molar-refractivity contribution is 7.99. The smallest absolute Gasteiger partial charge is 0.303 e. The molecule has 0 aliphatic heterocycles. The second-order valence-corrected chi connectivity index (χ2v) is 8.35. The average molecular weight is 312 g/mol. The summed E-state index contributed by atoms with van der Waals surface area (Å²) >= 11 is 1.71. The highest BCUT2D eigenvalue weighted by atomic mass is 32.2. The molecule has 1 rings (SSSR count). The fourth-order valence-corrected chi connectivity index (χ4v) is 4.24. The van der Waals surface area contributed by atoms with Crippen LogP contribution in [0.15, 0.2) is 12.2 Å². The van der Waals surface area contributed by atoms with Crippen molar-refractivity contribution in [3.63, 3.8) is 0 Å². The van der Waals surface area contributed by atoms with Crippen LogP contribution < -0.4 is 0 Å². The van der Waals surface area contributed by atoms with Gasteiger partial charge < -0.3 is 5.11 Å². The second kappa shape index (κ2) is 8.02. The van der Waals surface area contributed by atoms with Crippen LogP contribution in [0.5, 0.6) is 0 Å². The minimum atomic E-state index is -0.746. The van der Waals surface area contributed by atoms with E-state index in [1.165, 1.54) is 0 Å². The molecule has 0 aromatic rings. The van der Waals surface area contributed by atoms with Crippen molar-refractivity contribution < 1.29 is 14.7 Å². The first-order valence-electron chi connectivity index (χ1n) is 7.77. The van der Waals surface area contributed by atoms with Crippen molar-refractivity contribution >= 4 is 23.5 Å². The van der Waals surface area contributed by atoms with E-state index in [0.29, 0.717) is 24.5 Å². The molecule has 1 N–H and O–H groups in total. The molecule has 0 amide bonds. The Morgan fingerprint density at radius 3 is 2.67 bits per heavy atom. The summed E-state index contributed by atoms with van der Waals surface area (Å²) in [6.07, 6.45) is 6.80. The number of allylic oxidation sites excluding steroid dienone is 2. The Labute approximate surface area is 132 Å². The van der Waals surface area contributed by atoms with E-state index in [1.54, 1.807) is 11.8 Å². The zero-order valence-electron chi connectivity index (χ0n) is 13.6. The van der Waals surface area contributed by atoms with Crippen molar-refractivity contribution in [2.45, 2.75) is 58.6 Å². The lowest BCUT2D eigenvalue weighted by atomic mass is 9.65. The van der Waals surface area contributed by atoms with Crippen LogP contribution in [-0.4, -0.2) is 27.9 Å². The maximum atomic E-state index is 12.6. The first-order valence-corrected chi connectivity index (χ1v) is 8.81. The SMILES string of the molecule is CC(CC(=O)C1C(C)C=CCC1(C)C)SCCCC(=O)O. The van der Waals surface area contributed by atoms with Gasteiger partial charge in [0.25, 0.3) is 0 Å². The molecule has 1 aliphatic rings. The van der Waals surface area contributed by atoms with Crippen molar-refractivity contribution in [1.82, 2.24) is 0 Å². The summed E-state index contributed by atoms with van der Waals surface area (Å²) < 4.78 is 0. The van der Waals surface area contributed by atoms with Crippen LogP contribution in [0.2, 0.25) is 0 Å². The van der Waals surface area contributed by atoms with Gasteiger partial charge in [0.1, 0.15) is 5.78 Å². The van der Waals surface area contributed by atoms with Gasteiger partial charge in [0.05, 0.1) is 0 Å². The van der Waals surface area contributed by atoms with Crippen LogP contribution in [0, 0.1) is 17.3 Å². The second-order valence-electron chi connectivity index (χ2n) is 6.81. The molecule has 3 atom stereocenters. The van der Waals surface area contributed by atoms with Crippen molar-refractivity contribution in [3.8, 4) is 0 Å². The fraction of sp³-hybridized carbons (Fsp3) is 0.765. The Kier molecular flexibility index (Phi) is 6.98. The molecule has 0 saturated carbocycles. The van der Waals surface area contributed by atoms with Gasteiger partial charge >= 0.3 is 5.97 Å². The lowest BCUT2D eigenvalue weighted by Crippen LogP contribution is -2.38. The molecule has 0 heterocycles. The van der Waals surface area contributed by atoms with Crippen LogP contribution in [0.4, 0.5) is 0 Å². The fourth-order valence-electron chi connectivity index (χ4n) is 3.24. The molecule has 0 saturated heterocycles. The van der Waals surface area contributed by atoms with E-state index in [0.717, 1.165) is 12.2 Å². The van der Waals surface area contributed by atoms with Gasteiger partial charge in [-0.2, -0.15) is 11.8 Å². The topological polar surface area (TPSA) is 54.4 Å². The van der Waals surface area contributed by atoms with Gasteiger partial charge in [0.2, 0.25) is 0 Å². The van der Waals surface area contributed by atoms with Crippen molar-refractivity contribution in [3.05, 3.63) is 12.2 Å². The maximum absolute atomic E-state index is 12.6. The standard InChI is InChI=1S/C17H28O3S/c1-12-7-5-9-17(3,4)16(12)14(18)11-13(2)21-10-6-8-15(19)20/h5,7,12-13,16H,6,8-11H2,1-4H3,(H,19,20). The monoisotopic (exact) mass is 312 g/mol. The third-order valence-electron chi connectivity index (χ3n) is 4.22. The van der Waals surface area contributed by atoms with Crippen molar-refractivity contribution in [2.24, 2.45) is 17.3 Å². The molecular weight excluding hydrogens is 284 g/mol. The number of rotatable bonds is 8. The third kappa shape index (κ3) is 5.85. The van der Waals surface area contributed by atoms with Crippen LogP contribution in [0.25, 0.3) is 0 Å². The first-order chi connectivity index (χ1) is 9.74. The maximum Gasteiger partial charge on any atom is 0.303 e. The molecule has 3 nitrogen and oxygen atoms in total. The molecule has 0 fully saturated rings. The van der Waals surface area contributed by atoms with Gasteiger partial charge in [-0.15, -0.1) is 0 Å². The van der Waals surface area contributed by atoms with E-state index in [2.05, 4.69) is 39.8 Å². The van der Waals surface area contributed by atoms with E-state index in [1.807, 2.05) is 0 Å². The molecule has 21 heavy (non-hydrogen) atoms. The predicted molar refractivity (Wildman–Crippen MR) is 88.6 cm³/mol. The quantitative estimate of drug-likeness (QED) is 0.540. The summed E-state index contributed by atoms with van der Waals surface area (Å²) in [6.45, 7) is 8.56. The van der Waals surface area contributed by atoms with Crippen LogP contribution >= 0.6 is 11.8 Å². The molecule has 0 radical (unpaired) electrons. The number of carbonyl (C=O) groups is 2. The number of hydrogen-bond donors (Lipinski definition) is 1. The van der Waals surface area contributed by atoms with Crippen molar-refractivity contribution in [1.29, 1.82) is 0 Å². The van der Waals surface area contributed by atoms with Crippen LogP contribution in [-0.2, 0) is 9.59 Å². The lowest BCUT2D eigenvalue weighted by molar-refractivity contribution is -0.137. The summed E-state index contributed by atoms with van der Waals surface area (Å²) in [7, 11) is 0. The van der Waals surface area contributed by atoms with E-state index >= 15 is 0 Å². The number of carboxylic acid groups (broad SMARTS) is 1. The molecule has 0 spiro atoms. The summed E-state index contributed by atoms with van der Waals surface area (Å²) in [5.74, 6) is 0.832. The molecule has 3 unspecified atom stereocenters. The number of Topliss-reactive ketones (excluding diaryl/α,β-unsaturated/α-hetero) is 1. The lowest BCUT2D eigenvalue weighted by Gasteiger charge is -2.39. The minimum absolute atomic E-state index is 0.0406. The Morgan fingerprint density at radius 2 is 2.10 bits per heavy atom. The Bertz CT molecular complexity index is 401. The van der Waals surface area contributed by atoms with Gasteiger partial charge in [-0.3, -0.25) is 9.59 Å². The highest BCUT2D eigenvalue weighted by Gasteiger charge is 2.39. The number of ketones is 1. The zero-order chi connectivity index (χ0) is 16.0. The summed E-state index contributed by atoms with van der Waals surface area (Å²) in [6, 6.07) is 0. The largest absolute Gasteiger partial charge is 0.481 e. The van der Waals surface area contributed by atoms with E-state index in [9.17, 15) is 9.59 Å². The number of thioether (sulfide) groups is 1. The molecule has 0 aromatic carbocycles. The summed E-state index contributed by atoms with van der Waals surface area (Å²) in [5, 5.41) is 8.88. The molecule has 120 valence electrons. The summed E-state index contributed by atoms with van der Waals surface area (Å²) in [4.78, 5) is 23.1. The van der Waals surface area contributed by atoms with Gasteiger partial charge in [-0.1, -0.05) is 39.8 Å². The first kappa shape index (κ1) is 18.3. The molecule has 4 heteroatoms. The van der Waals surface area contributed by atoms with E-state index < -0.39 is 5.97 Å². The van der Waals surface area contributed by atoms with Crippen LogP contribution in [0.3, 0.4) is 0 Å². The van der Waals surface area contributed by atoms with E-state index in [-0.39, 0.29) is 23.0 Å². The van der Waals surface area contributed by atoms with Gasteiger partial charge in [0.15, 0.2) is 0 Å². The van der Waals surface area contributed by atoms with Gasteiger partial charge in [-0.05, 0) is 29.9 Å². The van der Waals surface area contributed by atoms with E-state index in [4.69, 9.17) is 5.11 Å². The third-order valence-corrected chi connectivity index (χ3v) is 5.48. The normalized spacial score (nSPS) is 25.5. The number of aliphatic carboxylic acids is 1. The number of carbonyl (C=O) groups excluding carboxylic acids is 1. The Balaban J connectivity index is 2.44.